The van der Waals surface area contributed by atoms with Crippen LogP contribution in [0.3, 0.4) is 0 Å². The summed E-state index contributed by atoms with van der Waals surface area (Å²) in [4.78, 5) is 14.2. The number of rotatable bonds is 3. The lowest BCUT2D eigenvalue weighted by Gasteiger charge is -2.43. The largest absolute Gasteiger partial charge is 0.573 e. The Hall–Kier alpha value is -1.31. The molecule has 0 amide bonds. The first kappa shape index (κ1) is 19.7. The first-order valence-corrected chi connectivity index (χ1v) is 6.93. The fourth-order valence-electron chi connectivity index (χ4n) is 3.02. The Kier molecular flexibility index (Phi) is 6.06. The van der Waals surface area contributed by atoms with Crippen LogP contribution in [0.15, 0.2) is 24.3 Å². The normalized spacial score (nSPS) is 25.2. The quantitative estimate of drug-likeness (QED) is 0.907. The molecule has 1 aliphatic rings. The van der Waals surface area contributed by atoms with E-state index in [4.69, 9.17) is 0 Å². The van der Waals surface area contributed by atoms with Crippen LogP contribution in [0.1, 0.15) is 24.8 Å². The van der Waals surface area contributed by atoms with Crippen molar-refractivity contribution in [2.24, 2.45) is 0 Å². The van der Waals surface area contributed by atoms with E-state index >= 15 is 0 Å². The zero-order chi connectivity index (χ0) is 16.5. The second kappa shape index (κ2) is 7.07. The molecule has 23 heavy (non-hydrogen) atoms. The molecular weight excluding hydrogens is 335 g/mol. The van der Waals surface area contributed by atoms with E-state index in [1.165, 1.54) is 18.2 Å². The summed E-state index contributed by atoms with van der Waals surface area (Å²) in [5.74, 6) is -0.771. The van der Waals surface area contributed by atoms with E-state index in [1.807, 2.05) is 0 Å². The lowest BCUT2D eigenvalue weighted by atomic mass is 9.73. The standard InChI is InChI=1S/C15H18F3NO3.ClH/c1-19(2)14(8-4-7-12(20)13(14)21)10-5-3-6-11(9-10)22-15(16,17)18;/h3,5-6,9,12,20H,4,7-8H2,1-2H3;1H. The highest BCUT2D eigenvalue weighted by molar-refractivity contribution is 5.93. The summed E-state index contributed by atoms with van der Waals surface area (Å²) in [6.07, 6.45) is -4.49. The second-order valence-corrected chi connectivity index (χ2v) is 5.60. The van der Waals surface area contributed by atoms with Gasteiger partial charge in [-0.1, -0.05) is 12.1 Å². The number of ketones is 1. The van der Waals surface area contributed by atoms with Gasteiger partial charge in [-0.05, 0) is 51.1 Å². The van der Waals surface area contributed by atoms with Crippen LogP contribution in [-0.2, 0) is 10.3 Å². The topological polar surface area (TPSA) is 49.8 Å². The molecule has 0 radical (unpaired) electrons. The Morgan fingerprint density at radius 3 is 2.57 bits per heavy atom. The van der Waals surface area contributed by atoms with Crippen molar-refractivity contribution in [3.63, 3.8) is 0 Å². The first-order chi connectivity index (χ1) is 10.2. The molecule has 1 saturated carbocycles. The lowest BCUT2D eigenvalue weighted by Crippen LogP contribution is -2.54. The number of nitrogens with zero attached hydrogens (tertiary/aromatic N) is 1. The molecule has 0 bridgehead atoms. The predicted octanol–water partition coefficient (Wildman–Crippen LogP) is 2.88. The molecule has 1 aromatic carbocycles. The van der Waals surface area contributed by atoms with Gasteiger partial charge in [-0.25, -0.2) is 0 Å². The van der Waals surface area contributed by atoms with Crippen LogP contribution >= 0.6 is 12.4 Å². The summed E-state index contributed by atoms with van der Waals surface area (Å²) < 4.78 is 41.0. The highest BCUT2D eigenvalue weighted by Crippen LogP contribution is 2.40. The summed E-state index contributed by atoms with van der Waals surface area (Å²) in [5.41, 5.74) is -0.745. The number of ether oxygens (including phenoxy) is 1. The van der Waals surface area contributed by atoms with Gasteiger partial charge in [0, 0.05) is 0 Å². The average Bonchev–Trinajstić information content (AvgIpc) is 2.40. The van der Waals surface area contributed by atoms with Gasteiger partial charge in [-0.15, -0.1) is 25.6 Å². The van der Waals surface area contributed by atoms with Crippen molar-refractivity contribution in [2.45, 2.75) is 37.3 Å². The van der Waals surface area contributed by atoms with Crippen molar-refractivity contribution in [3.05, 3.63) is 29.8 Å². The third kappa shape index (κ3) is 3.97. The molecule has 2 atom stereocenters. The molecule has 0 heterocycles. The number of carbonyl (C=O) groups is 1. The zero-order valence-electron chi connectivity index (χ0n) is 12.8. The van der Waals surface area contributed by atoms with Crippen LogP contribution in [0.5, 0.6) is 5.75 Å². The minimum atomic E-state index is -4.79. The van der Waals surface area contributed by atoms with E-state index in [1.54, 1.807) is 25.1 Å². The van der Waals surface area contributed by atoms with Gasteiger partial charge in [-0.2, -0.15) is 0 Å². The molecule has 4 nitrogen and oxygen atoms in total. The maximum absolute atomic E-state index is 12.5. The van der Waals surface area contributed by atoms with Gasteiger partial charge in [0.15, 0.2) is 5.78 Å². The van der Waals surface area contributed by atoms with Crippen LogP contribution in [0, 0.1) is 0 Å². The van der Waals surface area contributed by atoms with Crippen molar-refractivity contribution in [1.29, 1.82) is 0 Å². The highest BCUT2D eigenvalue weighted by Gasteiger charge is 2.47. The van der Waals surface area contributed by atoms with Gasteiger partial charge in [0.1, 0.15) is 17.4 Å². The summed E-state index contributed by atoms with van der Waals surface area (Å²) in [6, 6.07) is 5.39. The summed E-state index contributed by atoms with van der Waals surface area (Å²) >= 11 is 0. The van der Waals surface area contributed by atoms with Gasteiger partial charge in [-0.3, -0.25) is 9.69 Å². The average molecular weight is 354 g/mol. The number of aliphatic hydroxyl groups excluding tert-OH is 1. The molecule has 0 aromatic heterocycles. The molecule has 1 aliphatic carbocycles. The van der Waals surface area contributed by atoms with Gasteiger partial charge in [0.05, 0.1) is 0 Å². The molecule has 0 aliphatic heterocycles. The van der Waals surface area contributed by atoms with Crippen LogP contribution in [-0.4, -0.2) is 42.4 Å². The van der Waals surface area contributed by atoms with Crippen molar-refractivity contribution in [3.8, 4) is 5.75 Å². The first-order valence-electron chi connectivity index (χ1n) is 6.93. The number of alkyl halides is 3. The van der Waals surface area contributed by atoms with E-state index in [2.05, 4.69) is 4.74 Å². The maximum Gasteiger partial charge on any atom is 0.573 e. The number of Topliss-reactive ketones (excluding diaryl/α,β-unsaturated/α-hetero) is 1. The fraction of sp³-hybridized carbons (Fsp3) is 0.533. The number of aliphatic hydroxyl groups is 1. The van der Waals surface area contributed by atoms with Crippen molar-refractivity contribution in [1.82, 2.24) is 4.90 Å². The van der Waals surface area contributed by atoms with E-state index in [0.29, 0.717) is 24.8 Å². The number of halogens is 4. The van der Waals surface area contributed by atoms with Gasteiger partial charge in [0.25, 0.3) is 0 Å². The number of carbonyl (C=O) groups excluding carboxylic acids is 1. The molecule has 2 unspecified atom stereocenters. The van der Waals surface area contributed by atoms with Gasteiger partial charge < -0.3 is 9.84 Å². The maximum atomic E-state index is 12.5. The summed E-state index contributed by atoms with van der Waals surface area (Å²) in [7, 11) is 3.35. The smallest absolute Gasteiger partial charge is 0.406 e. The molecule has 1 aromatic rings. The molecule has 130 valence electrons. The van der Waals surface area contributed by atoms with Crippen LogP contribution in [0.4, 0.5) is 13.2 Å². The minimum Gasteiger partial charge on any atom is -0.406 e. The Morgan fingerprint density at radius 2 is 2.00 bits per heavy atom. The van der Waals surface area contributed by atoms with Gasteiger partial charge >= 0.3 is 6.36 Å². The molecule has 1 N–H and O–H groups in total. The van der Waals surface area contributed by atoms with E-state index in [9.17, 15) is 23.1 Å². The van der Waals surface area contributed by atoms with Crippen molar-refractivity contribution in [2.75, 3.05) is 14.1 Å². The zero-order valence-corrected chi connectivity index (χ0v) is 13.6. The third-order valence-corrected chi connectivity index (χ3v) is 4.04. The van der Waals surface area contributed by atoms with Crippen molar-refractivity contribution >= 4 is 18.2 Å². The predicted molar refractivity (Wildman–Crippen MR) is 80.6 cm³/mol. The monoisotopic (exact) mass is 353 g/mol. The third-order valence-electron chi connectivity index (χ3n) is 4.04. The van der Waals surface area contributed by atoms with Gasteiger partial charge in [0.2, 0.25) is 0 Å². The number of benzene rings is 1. The van der Waals surface area contributed by atoms with Crippen LogP contribution < -0.4 is 4.74 Å². The minimum absolute atomic E-state index is 0. The Balaban J connectivity index is 0.00000264. The van der Waals surface area contributed by atoms with E-state index < -0.39 is 23.8 Å². The molecule has 2 rings (SSSR count). The molecule has 1 fully saturated rings. The van der Waals surface area contributed by atoms with Crippen LogP contribution in [0.25, 0.3) is 0 Å². The Labute approximate surface area is 138 Å². The Bertz CT molecular complexity index is 565. The summed E-state index contributed by atoms with van der Waals surface area (Å²) in [5, 5.41) is 9.89. The number of hydrogen-bond donors (Lipinski definition) is 1. The highest BCUT2D eigenvalue weighted by atomic mass is 35.5. The van der Waals surface area contributed by atoms with Crippen LogP contribution in [0.2, 0.25) is 0 Å². The fourth-order valence-corrected chi connectivity index (χ4v) is 3.02. The lowest BCUT2D eigenvalue weighted by molar-refractivity contribution is -0.274. The second-order valence-electron chi connectivity index (χ2n) is 5.60. The summed E-state index contributed by atoms with van der Waals surface area (Å²) in [6.45, 7) is 0. The molecular formula is C15H19ClF3NO3. The molecule has 0 spiro atoms. The van der Waals surface area contributed by atoms with Crippen molar-refractivity contribution < 1.29 is 27.8 Å². The number of likely N-dealkylation sites (N-methyl/N-ethyl adjacent to an activating group) is 1. The molecule has 8 heteroatoms. The SMILES string of the molecule is CN(C)C1(c2cccc(OC(F)(F)F)c2)CCCC(O)C1=O.Cl. The van der Waals surface area contributed by atoms with E-state index in [0.717, 1.165) is 0 Å². The van der Waals surface area contributed by atoms with E-state index in [-0.39, 0.29) is 18.2 Å². The number of hydrogen-bond acceptors (Lipinski definition) is 4. The molecule has 0 saturated heterocycles. The Morgan fingerprint density at radius 1 is 1.35 bits per heavy atom.